The second-order valence-corrected chi connectivity index (χ2v) is 7.16. The molecule has 0 fully saturated rings. The third kappa shape index (κ3) is 3.60. The van der Waals surface area contributed by atoms with Crippen LogP contribution in [0.1, 0.15) is 6.92 Å². The summed E-state index contributed by atoms with van der Waals surface area (Å²) in [4.78, 5) is 44.6. The third-order valence-electron chi connectivity index (χ3n) is 4.00. The van der Waals surface area contributed by atoms with E-state index in [0.717, 1.165) is 4.70 Å². The number of hydrogen-bond acceptors (Lipinski definition) is 6. The lowest BCUT2D eigenvalue weighted by Crippen LogP contribution is -2.27. The zero-order valence-electron chi connectivity index (χ0n) is 14.8. The van der Waals surface area contributed by atoms with E-state index in [0.29, 0.717) is 27.2 Å². The molecule has 2 N–H and O–H groups in total. The number of benzene rings is 2. The number of carbonyl (C=O) groups is 2. The maximum atomic E-state index is 12.5. The number of para-hydroxylation sites is 1. The van der Waals surface area contributed by atoms with Gasteiger partial charge in [0.05, 0.1) is 27.4 Å². The number of thiazole rings is 1. The molecule has 0 unspecified atom stereocenters. The molecule has 2 aromatic carbocycles. The van der Waals surface area contributed by atoms with Crippen LogP contribution in [-0.4, -0.2) is 26.3 Å². The Morgan fingerprint density at radius 2 is 1.93 bits per heavy atom. The highest BCUT2D eigenvalue weighted by Gasteiger charge is 2.11. The van der Waals surface area contributed by atoms with Crippen molar-refractivity contribution in [3.8, 4) is 0 Å². The van der Waals surface area contributed by atoms with Crippen LogP contribution in [0.4, 0.5) is 10.8 Å². The lowest BCUT2D eigenvalue weighted by molar-refractivity contribution is -0.117. The molecular formula is C19H15N5O3S. The SMILES string of the molecule is CC(=O)Nc1ccc2nc(NC(=O)Cn3cnc4ccccc4c3=O)sc2c1. The molecule has 2 heterocycles. The zero-order chi connectivity index (χ0) is 19.7. The number of carbonyl (C=O) groups excluding carboxylic acids is 2. The fourth-order valence-electron chi connectivity index (χ4n) is 2.79. The van der Waals surface area contributed by atoms with Gasteiger partial charge in [-0.25, -0.2) is 9.97 Å². The van der Waals surface area contributed by atoms with Gasteiger partial charge in [-0.05, 0) is 30.3 Å². The molecule has 0 saturated carbocycles. The Hall–Kier alpha value is -3.59. The Morgan fingerprint density at radius 1 is 1.11 bits per heavy atom. The standard InChI is InChI=1S/C19H15N5O3S/c1-11(25)21-12-6-7-15-16(8-12)28-19(22-15)23-17(26)9-24-10-20-14-5-3-2-4-13(14)18(24)27/h2-8,10H,9H2,1H3,(H,21,25)(H,22,23,26). The van der Waals surface area contributed by atoms with E-state index in [4.69, 9.17) is 0 Å². The van der Waals surface area contributed by atoms with Crippen molar-refractivity contribution in [3.05, 3.63) is 59.1 Å². The molecule has 0 aliphatic rings. The first-order chi connectivity index (χ1) is 13.5. The minimum Gasteiger partial charge on any atom is -0.326 e. The number of hydrogen-bond donors (Lipinski definition) is 2. The van der Waals surface area contributed by atoms with Crippen LogP contribution >= 0.6 is 11.3 Å². The third-order valence-corrected chi connectivity index (χ3v) is 4.93. The molecule has 4 aromatic rings. The van der Waals surface area contributed by atoms with E-state index >= 15 is 0 Å². The molecule has 0 atom stereocenters. The van der Waals surface area contributed by atoms with Crippen molar-refractivity contribution in [1.82, 2.24) is 14.5 Å². The topological polar surface area (TPSA) is 106 Å². The number of fused-ring (bicyclic) bond motifs is 2. The second-order valence-electron chi connectivity index (χ2n) is 6.13. The Morgan fingerprint density at radius 3 is 2.75 bits per heavy atom. The summed E-state index contributed by atoms with van der Waals surface area (Å²) < 4.78 is 2.09. The molecular weight excluding hydrogens is 378 g/mol. The fraction of sp³-hybridized carbons (Fsp3) is 0.105. The zero-order valence-corrected chi connectivity index (χ0v) is 15.6. The van der Waals surface area contributed by atoms with Crippen molar-refractivity contribution in [2.45, 2.75) is 13.5 Å². The normalized spacial score (nSPS) is 10.9. The fourth-order valence-corrected chi connectivity index (χ4v) is 3.71. The molecule has 4 rings (SSSR count). The Labute approximate surface area is 162 Å². The molecule has 28 heavy (non-hydrogen) atoms. The molecule has 0 radical (unpaired) electrons. The van der Waals surface area contributed by atoms with E-state index in [1.807, 2.05) is 0 Å². The van der Waals surface area contributed by atoms with Gasteiger partial charge >= 0.3 is 0 Å². The molecule has 0 aliphatic heterocycles. The van der Waals surface area contributed by atoms with Gasteiger partial charge in [-0.2, -0.15) is 0 Å². The van der Waals surface area contributed by atoms with Crippen molar-refractivity contribution >= 4 is 55.1 Å². The van der Waals surface area contributed by atoms with Crippen LogP contribution in [0.25, 0.3) is 21.1 Å². The van der Waals surface area contributed by atoms with Gasteiger partial charge in [0.25, 0.3) is 5.56 Å². The molecule has 8 nitrogen and oxygen atoms in total. The van der Waals surface area contributed by atoms with Gasteiger partial charge in [0.2, 0.25) is 11.8 Å². The number of rotatable bonds is 4. The summed E-state index contributed by atoms with van der Waals surface area (Å²) in [7, 11) is 0. The van der Waals surface area contributed by atoms with Crippen LogP contribution in [0.3, 0.4) is 0 Å². The van der Waals surface area contributed by atoms with Crippen molar-refractivity contribution in [2.75, 3.05) is 10.6 Å². The van der Waals surface area contributed by atoms with Crippen LogP contribution in [0, 0.1) is 0 Å². The maximum absolute atomic E-state index is 12.5. The molecule has 0 aliphatic carbocycles. The van der Waals surface area contributed by atoms with Gasteiger partial charge in [-0.15, -0.1) is 0 Å². The van der Waals surface area contributed by atoms with Crippen molar-refractivity contribution in [3.63, 3.8) is 0 Å². The minimum atomic E-state index is -0.375. The summed E-state index contributed by atoms with van der Waals surface area (Å²) in [6, 6.07) is 12.3. The summed E-state index contributed by atoms with van der Waals surface area (Å²) in [5, 5.41) is 6.30. The number of nitrogens with zero attached hydrogens (tertiary/aromatic N) is 3. The maximum Gasteiger partial charge on any atom is 0.261 e. The van der Waals surface area contributed by atoms with Gasteiger partial charge < -0.3 is 10.6 Å². The van der Waals surface area contributed by atoms with Crippen LogP contribution in [0.15, 0.2) is 53.6 Å². The van der Waals surface area contributed by atoms with Crippen molar-refractivity contribution < 1.29 is 9.59 Å². The van der Waals surface area contributed by atoms with E-state index in [2.05, 4.69) is 20.6 Å². The average molecular weight is 393 g/mol. The predicted octanol–water partition coefficient (Wildman–Crippen LogP) is 2.60. The van der Waals surface area contributed by atoms with Crippen molar-refractivity contribution in [1.29, 1.82) is 0 Å². The summed E-state index contributed by atoms with van der Waals surface area (Å²) in [6.07, 6.45) is 1.36. The lowest BCUT2D eigenvalue weighted by atomic mass is 10.2. The number of nitrogens with one attached hydrogen (secondary N) is 2. The molecule has 2 aromatic heterocycles. The number of aromatic nitrogens is 3. The summed E-state index contributed by atoms with van der Waals surface area (Å²) >= 11 is 1.29. The lowest BCUT2D eigenvalue weighted by Gasteiger charge is -2.06. The smallest absolute Gasteiger partial charge is 0.261 e. The molecule has 2 amide bonds. The molecule has 0 spiro atoms. The van der Waals surface area contributed by atoms with Gasteiger partial charge in [0.15, 0.2) is 5.13 Å². The largest absolute Gasteiger partial charge is 0.326 e. The number of anilines is 2. The van der Waals surface area contributed by atoms with E-state index < -0.39 is 0 Å². The van der Waals surface area contributed by atoms with Gasteiger partial charge in [0, 0.05) is 12.6 Å². The van der Waals surface area contributed by atoms with E-state index in [1.165, 1.54) is 29.2 Å². The van der Waals surface area contributed by atoms with Crippen LogP contribution in [0.2, 0.25) is 0 Å². The summed E-state index contributed by atoms with van der Waals surface area (Å²) in [6.45, 7) is 1.27. The Balaban J connectivity index is 1.53. The van der Waals surface area contributed by atoms with Crippen LogP contribution in [-0.2, 0) is 16.1 Å². The quantitative estimate of drug-likeness (QED) is 0.554. The first kappa shape index (κ1) is 17.8. The molecule has 0 bridgehead atoms. The van der Waals surface area contributed by atoms with Gasteiger partial charge in [-0.1, -0.05) is 23.5 Å². The Bertz CT molecular complexity index is 1280. The van der Waals surface area contributed by atoms with Gasteiger partial charge in [0.1, 0.15) is 6.54 Å². The van der Waals surface area contributed by atoms with Crippen molar-refractivity contribution in [2.24, 2.45) is 0 Å². The molecule has 140 valence electrons. The number of amides is 2. The molecule has 0 saturated heterocycles. The minimum absolute atomic E-state index is 0.160. The average Bonchev–Trinajstić information content (AvgIpc) is 3.05. The summed E-state index contributed by atoms with van der Waals surface area (Å²) in [5.74, 6) is -0.535. The summed E-state index contributed by atoms with van der Waals surface area (Å²) in [5.41, 5.74) is 1.68. The second kappa shape index (κ2) is 7.20. The van der Waals surface area contributed by atoms with E-state index in [9.17, 15) is 14.4 Å². The first-order valence-electron chi connectivity index (χ1n) is 8.42. The molecule has 9 heteroatoms. The van der Waals surface area contributed by atoms with Crippen LogP contribution in [0.5, 0.6) is 0 Å². The van der Waals surface area contributed by atoms with E-state index in [-0.39, 0.29) is 23.9 Å². The predicted molar refractivity (Wildman–Crippen MR) is 109 cm³/mol. The van der Waals surface area contributed by atoms with E-state index in [1.54, 1.807) is 42.5 Å². The monoisotopic (exact) mass is 393 g/mol. The van der Waals surface area contributed by atoms with Crippen LogP contribution < -0.4 is 16.2 Å². The highest BCUT2D eigenvalue weighted by atomic mass is 32.1. The van der Waals surface area contributed by atoms with Gasteiger partial charge in [-0.3, -0.25) is 19.0 Å². The first-order valence-corrected chi connectivity index (χ1v) is 9.23. The highest BCUT2D eigenvalue weighted by Crippen LogP contribution is 2.28. The Kier molecular flexibility index (Phi) is 4.58. The highest BCUT2D eigenvalue weighted by molar-refractivity contribution is 7.22.